The first-order valence-electron chi connectivity index (χ1n) is 11.9. The van der Waals surface area contributed by atoms with Gasteiger partial charge in [-0.15, -0.1) is 11.1 Å². The Morgan fingerprint density at radius 3 is 1.06 bits per heavy atom. The van der Waals surface area contributed by atoms with Gasteiger partial charge in [0.15, 0.2) is 19.0 Å². The van der Waals surface area contributed by atoms with Crippen LogP contribution in [-0.4, -0.2) is 19.0 Å². The molecule has 0 atom stereocenters. The van der Waals surface area contributed by atoms with Gasteiger partial charge in [0.1, 0.15) is 0 Å². The van der Waals surface area contributed by atoms with Crippen LogP contribution < -0.4 is 0 Å². The van der Waals surface area contributed by atoms with E-state index in [-0.39, 0.29) is 0 Å². The maximum atomic E-state index is 3.61. The second-order valence-electron chi connectivity index (χ2n) is 9.34. The number of rotatable bonds is 2. The number of hydrogen-bond acceptors (Lipinski definition) is 0. The monoisotopic (exact) mass is 466 g/mol. The van der Waals surface area contributed by atoms with E-state index in [4.69, 9.17) is 0 Å². The summed E-state index contributed by atoms with van der Waals surface area (Å²) in [5, 5.41) is 9.80. The summed E-state index contributed by atoms with van der Waals surface area (Å²) in [7, 11) is 1.25. The van der Waals surface area contributed by atoms with Gasteiger partial charge in [-0.2, -0.15) is 0 Å². The van der Waals surface area contributed by atoms with Crippen LogP contribution in [0.5, 0.6) is 0 Å². The third-order valence-corrected chi connectivity index (χ3v) is 7.64. The molecule has 0 N–H and O–H groups in total. The lowest BCUT2D eigenvalue weighted by Gasteiger charge is -2.14. The molecule has 0 aliphatic carbocycles. The molecule has 2 heteroatoms. The number of benzene rings is 5. The Morgan fingerprint density at radius 2 is 0.794 bits per heavy atom. The fourth-order valence-corrected chi connectivity index (χ4v) is 5.32. The number of fused-ring (bicyclic) bond motifs is 4. The van der Waals surface area contributed by atoms with Gasteiger partial charge in [0, 0.05) is 11.1 Å². The van der Waals surface area contributed by atoms with Crippen molar-refractivity contribution in [2.75, 3.05) is 0 Å². The molecule has 0 bridgehead atoms. The molecule has 5 aromatic rings. The van der Waals surface area contributed by atoms with E-state index in [1.807, 2.05) is 0 Å². The third-order valence-electron chi connectivity index (χ3n) is 5.95. The summed E-state index contributed by atoms with van der Waals surface area (Å²) in [6.07, 6.45) is 0. The summed E-state index contributed by atoms with van der Waals surface area (Å²) in [5.41, 5.74) is 10.4. The lowest BCUT2D eigenvalue weighted by molar-refractivity contribution is 1.07. The van der Waals surface area contributed by atoms with Crippen LogP contribution in [0.1, 0.15) is 38.8 Å². The molecule has 5 rings (SSSR count). The molecule has 0 aromatic heterocycles. The highest BCUT2D eigenvalue weighted by molar-refractivity contribution is 6.48. The minimum Gasteiger partial charge on any atom is -0.130 e. The van der Waals surface area contributed by atoms with Gasteiger partial charge in [0.05, 0.1) is 0 Å². The average molecular weight is 467 g/mol. The Bertz CT molecular complexity index is 1450. The summed E-state index contributed by atoms with van der Waals surface area (Å²) in [6.45, 7) is 8.94. The summed E-state index contributed by atoms with van der Waals surface area (Å²) < 4.78 is 0. The van der Waals surface area contributed by atoms with E-state index in [9.17, 15) is 0 Å². The van der Waals surface area contributed by atoms with Crippen molar-refractivity contribution in [3.05, 3.63) is 83.9 Å². The quantitative estimate of drug-likeness (QED) is 0.140. The van der Waals surface area contributed by atoms with E-state index >= 15 is 0 Å². The van der Waals surface area contributed by atoms with E-state index in [1.165, 1.54) is 43.1 Å². The maximum absolute atomic E-state index is 3.61. The summed E-state index contributed by atoms with van der Waals surface area (Å²) in [6, 6.07) is 26.5. The Hall–Kier alpha value is -3.31. The van der Waals surface area contributed by atoms with Crippen molar-refractivity contribution in [3.63, 3.8) is 0 Å². The highest BCUT2D eigenvalue weighted by Gasteiger charge is 2.14. The molecule has 0 nitrogen and oxygen atoms in total. The Labute approximate surface area is 207 Å². The van der Waals surface area contributed by atoms with Crippen molar-refractivity contribution in [3.8, 4) is 22.9 Å². The molecule has 5 aromatic carbocycles. The van der Waals surface area contributed by atoms with Crippen LogP contribution in [0, 0.1) is 22.9 Å². The van der Waals surface area contributed by atoms with Gasteiger partial charge in [-0.1, -0.05) is 88.1 Å². The molecule has 0 unspecified atom stereocenters. The first kappa shape index (κ1) is 22.5. The average Bonchev–Trinajstić information content (AvgIpc) is 2.82. The smallest absolute Gasteiger partial charge is 0.130 e. The summed E-state index contributed by atoms with van der Waals surface area (Å²) >= 11 is 0. The van der Waals surface area contributed by atoms with Crippen LogP contribution in [0.2, 0.25) is 11.1 Å². The molecule has 162 valence electrons. The van der Waals surface area contributed by atoms with Crippen LogP contribution in [0.4, 0.5) is 0 Å². The zero-order valence-electron chi connectivity index (χ0n) is 20.1. The van der Waals surface area contributed by atoms with E-state index < -0.39 is 0 Å². The minimum absolute atomic E-state index is 0.578. The molecular formula is C32H26Si2. The Kier molecular flexibility index (Phi) is 6.29. The standard InChI is InChI=1S/C32H26Si2/c1-21(2)33-15-13-27-29-17-23-9-5-7-11-25(23)19-31(29)28(14-16-34-22(3)4)32-20-26-12-8-6-10-24(26)18-30(27)32/h5-12,17-22H,1-4H3. The molecule has 34 heavy (non-hydrogen) atoms. The summed E-state index contributed by atoms with van der Waals surface area (Å²) in [4.78, 5) is 0. The van der Waals surface area contributed by atoms with Crippen molar-refractivity contribution < 1.29 is 0 Å². The maximum Gasteiger partial charge on any atom is 0.151 e. The molecule has 0 fully saturated rings. The van der Waals surface area contributed by atoms with Crippen molar-refractivity contribution in [2.45, 2.75) is 38.8 Å². The van der Waals surface area contributed by atoms with Crippen LogP contribution in [0.3, 0.4) is 0 Å². The van der Waals surface area contributed by atoms with Gasteiger partial charge in [0.25, 0.3) is 0 Å². The zero-order valence-corrected chi connectivity index (χ0v) is 22.1. The second kappa shape index (κ2) is 9.51. The molecule has 0 amide bonds. The predicted octanol–water partition coefficient (Wildman–Crippen LogP) is 7.98. The SMILES string of the molecule is CC(C)[Si]C#Cc1c2cc3ccccc3cc2c(C#C[Si]C(C)C)c2cc3ccccc3cc12. The van der Waals surface area contributed by atoms with Crippen LogP contribution >= 0.6 is 0 Å². The van der Waals surface area contributed by atoms with Gasteiger partial charge in [-0.3, -0.25) is 0 Å². The summed E-state index contributed by atoms with van der Waals surface area (Å²) in [5.74, 6) is 7.22. The molecule has 0 aliphatic rings. The zero-order chi connectivity index (χ0) is 23.7. The van der Waals surface area contributed by atoms with Crippen molar-refractivity contribution in [1.82, 2.24) is 0 Å². The largest absolute Gasteiger partial charge is 0.151 e. The van der Waals surface area contributed by atoms with Crippen LogP contribution in [-0.2, 0) is 0 Å². The fraction of sp³-hybridized carbons (Fsp3) is 0.188. The van der Waals surface area contributed by atoms with Gasteiger partial charge in [-0.05, 0) is 78.4 Å². The Balaban J connectivity index is 1.96. The topological polar surface area (TPSA) is 0 Å². The Morgan fingerprint density at radius 1 is 0.500 bits per heavy atom. The molecule has 0 aliphatic heterocycles. The first-order valence-corrected chi connectivity index (χ1v) is 14.0. The molecule has 0 saturated carbocycles. The van der Waals surface area contributed by atoms with Gasteiger partial charge in [0.2, 0.25) is 0 Å². The normalized spacial score (nSPS) is 11.2. The van der Waals surface area contributed by atoms with E-state index in [0.29, 0.717) is 30.1 Å². The van der Waals surface area contributed by atoms with E-state index in [2.05, 4.69) is 123 Å². The van der Waals surface area contributed by atoms with Crippen molar-refractivity contribution >= 4 is 62.1 Å². The van der Waals surface area contributed by atoms with Crippen LogP contribution in [0.25, 0.3) is 43.1 Å². The van der Waals surface area contributed by atoms with Gasteiger partial charge >= 0.3 is 0 Å². The van der Waals surface area contributed by atoms with Gasteiger partial charge in [-0.25, -0.2) is 0 Å². The minimum atomic E-state index is 0.578. The molecule has 4 radical (unpaired) electrons. The van der Waals surface area contributed by atoms with Crippen LogP contribution in [0.15, 0.2) is 72.8 Å². The predicted molar refractivity (Wildman–Crippen MR) is 152 cm³/mol. The lowest BCUT2D eigenvalue weighted by Crippen LogP contribution is -1.95. The van der Waals surface area contributed by atoms with Crippen molar-refractivity contribution in [1.29, 1.82) is 0 Å². The molecule has 0 spiro atoms. The van der Waals surface area contributed by atoms with Gasteiger partial charge < -0.3 is 0 Å². The second-order valence-corrected chi connectivity index (χ2v) is 12.7. The molecule has 0 heterocycles. The van der Waals surface area contributed by atoms with E-state index in [1.54, 1.807) is 0 Å². The van der Waals surface area contributed by atoms with Crippen molar-refractivity contribution in [2.24, 2.45) is 0 Å². The number of hydrogen-bond donors (Lipinski definition) is 0. The van der Waals surface area contributed by atoms with E-state index in [0.717, 1.165) is 11.1 Å². The first-order chi connectivity index (χ1) is 16.5. The third kappa shape index (κ3) is 4.40. The highest BCUT2D eigenvalue weighted by atomic mass is 28.2. The lowest BCUT2D eigenvalue weighted by atomic mass is 9.89. The molecular weight excluding hydrogens is 441 g/mol. The fourth-order valence-electron chi connectivity index (χ4n) is 4.35. The highest BCUT2D eigenvalue weighted by Crippen LogP contribution is 2.37. The molecule has 0 saturated heterocycles.